The minimum Gasteiger partial charge on any atom is -0.478 e. The number of nitrogens with one attached hydrogen (secondary N) is 2. The van der Waals surface area contributed by atoms with Crippen LogP contribution < -0.4 is 27.4 Å². The molecule has 5 atom stereocenters. The lowest BCUT2D eigenvalue weighted by Crippen LogP contribution is -2.36. The number of aromatic nitrogens is 2. The number of carboxylic acid groups (broad SMARTS) is 1. The molecule has 1 aliphatic carbocycles. The highest BCUT2D eigenvalue weighted by molar-refractivity contribution is 8.77. The molecule has 3 aliphatic rings. The molecule has 1 aromatic heterocycles. The van der Waals surface area contributed by atoms with Crippen molar-refractivity contribution in [2.24, 2.45) is 4.99 Å². The fourth-order valence-corrected chi connectivity index (χ4v) is 12.5. The van der Waals surface area contributed by atoms with Gasteiger partial charge in [-0.3, -0.25) is 18.9 Å². The standard InChI is InChI=1S/C41H51N6O17P3S2/c1-7-43-29-16-31-27(13-22(29)3)37(28-14-23(4)30(44-8-2)17-32(28)61-31)25-10-9-24(15-26(25)39(49)50)38(48)45-20-41(5,6)69-68-21-59-33-18-36(47-12-11-35(42)46-40(47)51)62-34(33)19-60-66(55,56)64-67(57,58)63-65(52,53)54/h9-17,33-34,36,43H,7-8,18-21H2,1-6H3,(H,45,48)(H,49,50)(H,55,56)(H,57,58)(H2,42,46,51)(H2,52,53,54)/b44-30-/t33-,34?,36-/m1/s1. The number of rotatable bonds is 21. The van der Waals surface area contributed by atoms with Gasteiger partial charge in [0.25, 0.3) is 5.91 Å². The number of nitrogens with two attached hydrogens (primary N) is 1. The third kappa shape index (κ3) is 13.9. The Morgan fingerprint density at radius 1 is 1.00 bits per heavy atom. The SMILES string of the molecule is CC/N=c1/cc2oc3cc(NCC)c(C)cc3c(-c3ccc(C(=O)NCC(C)(C)SSCO[C@@H]4C[C@H](n5ccc(N)nc5=O)OC4COP(=O)(O)OP(=O)(O)OP(=O)(O)O)cc3C(=O)O)c-2cc1C. The van der Waals surface area contributed by atoms with Gasteiger partial charge in [-0.25, -0.2) is 23.3 Å². The Kier molecular flexibility index (Phi) is 17.1. The molecule has 2 aromatic carbocycles. The molecule has 69 heavy (non-hydrogen) atoms. The number of nitrogens with zero attached hydrogens (tertiary/aromatic N) is 3. The van der Waals surface area contributed by atoms with Gasteiger partial charge in [0.1, 0.15) is 35.4 Å². The highest BCUT2D eigenvalue weighted by Gasteiger charge is 2.44. The Labute approximate surface area is 402 Å². The minimum atomic E-state index is -5.80. The first kappa shape index (κ1) is 53.9. The highest BCUT2D eigenvalue weighted by Crippen LogP contribution is 2.66. The minimum absolute atomic E-state index is 0.0312. The third-order valence-corrected chi connectivity index (χ3v) is 17.1. The largest absolute Gasteiger partial charge is 0.490 e. The Morgan fingerprint density at radius 2 is 1.74 bits per heavy atom. The summed E-state index contributed by atoms with van der Waals surface area (Å²) in [6.45, 7) is 12.0. The quantitative estimate of drug-likeness (QED) is 0.0126. The average molecular weight is 1060 g/mol. The lowest BCUT2D eigenvalue weighted by atomic mass is 9.88. The van der Waals surface area contributed by atoms with Crippen LogP contribution >= 0.6 is 45.1 Å². The second-order valence-corrected chi connectivity index (χ2v) is 23.5. The molecule has 0 bridgehead atoms. The summed E-state index contributed by atoms with van der Waals surface area (Å²) in [6.07, 6.45) is -1.95. The number of fused-ring (bicyclic) bond motifs is 2. The summed E-state index contributed by atoms with van der Waals surface area (Å²) in [6, 6.07) is 13.5. The van der Waals surface area contributed by atoms with Crippen LogP contribution in [0.3, 0.4) is 0 Å². The first-order chi connectivity index (χ1) is 32.3. The van der Waals surface area contributed by atoms with Crippen molar-refractivity contribution in [3.63, 3.8) is 0 Å². The molecule has 3 aromatic rings. The molecule has 6 rings (SSSR count). The molecule has 28 heteroatoms. The second-order valence-electron chi connectivity index (χ2n) is 16.1. The van der Waals surface area contributed by atoms with E-state index < -0.39 is 70.8 Å². The third-order valence-electron chi connectivity index (χ3n) is 10.3. The summed E-state index contributed by atoms with van der Waals surface area (Å²) < 4.78 is 66.4. The fourth-order valence-electron chi connectivity index (χ4n) is 7.32. The van der Waals surface area contributed by atoms with Gasteiger partial charge in [-0.1, -0.05) is 27.7 Å². The molecule has 0 spiro atoms. The molecule has 1 amide bonds. The lowest BCUT2D eigenvalue weighted by molar-refractivity contribution is -0.0543. The van der Waals surface area contributed by atoms with E-state index in [2.05, 4.69) is 29.2 Å². The van der Waals surface area contributed by atoms with Gasteiger partial charge in [-0.2, -0.15) is 13.6 Å². The number of carbonyl (C=O) groups excluding carboxylic acids is 1. The number of ether oxygens (including phenoxy) is 2. The van der Waals surface area contributed by atoms with Crippen molar-refractivity contribution in [3.05, 3.63) is 92.8 Å². The number of aromatic carboxylic acids is 1. The number of anilines is 2. The number of benzene rings is 3. The van der Waals surface area contributed by atoms with Crippen molar-refractivity contribution in [1.29, 1.82) is 0 Å². The maximum atomic E-state index is 13.7. The molecule has 0 saturated carbocycles. The maximum Gasteiger partial charge on any atom is 0.490 e. The molecule has 374 valence electrons. The van der Waals surface area contributed by atoms with Gasteiger partial charge >= 0.3 is 35.1 Å². The van der Waals surface area contributed by atoms with E-state index in [0.29, 0.717) is 46.5 Å². The summed E-state index contributed by atoms with van der Waals surface area (Å²) in [5, 5.41) is 18.3. The topological polar surface area (TPSA) is 343 Å². The van der Waals surface area contributed by atoms with E-state index >= 15 is 0 Å². The Bertz CT molecular complexity index is 3000. The summed E-state index contributed by atoms with van der Waals surface area (Å²) in [5.74, 6) is -1.36. The van der Waals surface area contributed by atoms with E-state index in [1.165, 1.54) is 39.9 Å². The normalized spacial score (nSPS) is 18.6. The van der Waals surface area contributed by atoms with Crippen molar-refractivity contribution in [2.75, 3.05) is 43.2 Å². The van der Waals surface area contributed by atoms with Crippen LogP contribution in [0.2, 0.25) is 0 Å². The number of hydrogen-bond donors (Lipinski definition) is 8. The van der Waals surface area contributed by atoms with Gasteiger partial charge in [0.2, 0.25) is 0 Å². The average Bonchev–Trinajstić information content (AvgIpc) is 3.65. The molecule has 1 fully saturated rings. The molecule has 3 unspecified atom stereocenters. The maximum absolute atomic E-state index is 13.7. The number of carboxylic acids is 1. The van der Waals surface area contributed by atoms with Crippen LogP contribution in [-0.2, 0) is 36.3 Å². The molecule has 9 N–H and O–H groups in total. The number of phosphoric acid groups is 3. The van der Waals surface area contributed by atoms with Crippen LogP contribution in [0.4, 0.5) is 11.5 Å². The lowest BCUT2D eigenvalue weighted by Gasteiger charge is -2.25. The van der Waals surface area contributed by atoms with E-state index in [1.54, 1.807) is 12.1 Å². The first-order valence-electron chi connectivity index (χ1n) is 20.9. The van der Waals surface area contributed by atoms with Crippen LogP contribution in [0.1, 0.15) is 72.2 Å². The Morgan fingerprint density at radius 3 is 2.41 bits per heavy atom. The van der Waals surface area contributed by atoms with E-state index in [1.807, 2.05) is 65.8 Å². The van der Waals surface area contributed by atoms with E-state index in [0.717, 1.165) is 26.7 Å². The fraction of sp³-hybridized carbons (Fsp3) is 0.390. The zero-order valence-electron chi connectivity index (χ0n) is 37.9. The number of aryl methyl sites for hydroxylation is 2. The van der Waals surface area contributed by atoms with Crippen LogP contribution in [0.25, 0.3) is 33.4 Å². The molecule has 1 saturated heterocycles. The summed E-state index contributed by atoms with van der Waals surface area (Å²) in [7, 11) is -14.4. The van der Waals surface area contributed by atoms with Crippen molar-refractivity contribution >= 4 is 79.4 Å². The predicted octanol–water partition coefficient (Wildman–Crippen LogP) is 6.57. The number of phosphoric ester groups is 1. The van der Waals surface area contributed by atoms with Gasteiger partial charge in [-0.05, 0) is 88.6 Å². The van der Waals surface area contributed by atoms with Crippen molar-refractivity contribution in [1.82, 2.24) is 14.9 Å². The van der Waals surface area contributed by atoms with Crippen molar-refractivity contribution in [3.8, 4) is 22.5 Å². The smallest absolute Gasteiger partial charge is 0.478 e. The molecule has 2 aliphatic heterocycles. The molecule has 23 nitrogen and oxygen atoms in total. The molecular formula is C41H51N6O17P3S2. The number of hydrogen-bond acceptors (Lipinski definition) is 18. The van der Waals surface area contributed by atoms with E-state index in [-0.39, 0.29) is 35.8 Å². The highest BCUT2D eigenvalue weighted by atomic mass is 33.1. The van der Waals surface area contributed by atoms with Gasteiger partial charge in [0.05, 0.1) is 23.6 Å². The van der Waals surface area contributed by atoms with Gasteiger partial charge in [0.15, 0.2) is 0 Å². The molecular weight excluding hydrogens is 1010 g/mol. The zero-order chi connectivity index (χ0) is 50.6. The molecule has 0 radical (unpaired) electrons. The van der Waals surface area contributed by atoms with Crippen LogP contribution in [-0.4, -0.2) is 95.2 Å². The molecule has 3 heterocycles. The number of carbonyl (C=O) groups is 2. The van der Waals surface area contributed by atoms with Gasteiger partial charge < -0.3 is 54.9 Å². The van der Waals surface area contributed by atoms with Crippen LogP contribution in [0, 0.1) is 13.8 Å². The van der Waals surface area contributed by atoms with Crippen LogP contribution in [0.15, 0.2) is 68.9 Å². The Hall–Kier alpha value is -4.42. The van der Waals surface area contributed by atoms with Gasteiger partial charge in [0, 0.05) is 76.9 Å². The monoisotopic (exact) mass is 1060 g/mol. The van der Waals surface area contributed by atoms with E-state index in [9.17, 15) is 43.0 Å². The summed E-state index contributed by atoms with van der Waals surface area (Å²) >= 11 is 0. The number of nitrogen functional groups attached to an aromatic ring is 1. The summed E-state index contributed by atoms with van der Waals surface area (Å²) in [5.41, 5.74) is 9.75. The van der Waals surface area contributed by atoms with Crippen molar-refractivity contribution in [2.45, 2.75) is 71.1 Å². The Balaban J connectivity index is 1.14. The van der Waals surface area contributed by atoms with E-state index in [4.69, 9.17) is 33.9 Å². The van der Waals surface area contributed by atoms with Gasteiger partial charge in [-0.15, -0.1) is 0 Å². The summed E-state index contributed by atoms with van der Waals surface area (Å²) in [4.78, 5) is 84.8. The predicted molar refractivity (Wildman–Crippen MR) is 258 cm³/mol. The van der Waals surface area contributed by atoms with Crippen molar-refractivity contribution < 1.29 is 75.0 Å². The van der Waals surface area contributed by atoms with Crippen LogP contribution in [0.5, 0.6) is 0 Å². The first-order valence-corrected chi connectivity index (χ1v) is 27.8. The zero-order valence-corrected chi connectivity index (χ0v) is 42.2. The number of amides is 1. The second kappa shape index (κ2) is 21.9.